The molecule has 1 N–H and O–H groups in total. The topological polar surface area (TPSA) is 70.6 Å². The zero-order valence-corrected chi connectivity index (χ0v) is 22.7. The molecule has 0 unspecified atom stereocenters. The Hall–Kier alpha value is -3.97. The number of aromatic nitrogens is 2. The smallest absolute Gasteiger partial charge is 0.258 e. The van der Waals surface area contributed by atoms with Crippen LogP contribution in [0.5, 0.6) is 5.88 Å². The van der Waals surface area contributed by atoms with Gasteiger partial charge in [0, 0.05) is 37.4 Å². The van der Waals surface area contributed by atoms with Crippen LogP contribution in [-0.4, -0.2) is 60.1 Å². The van der Waals surface area contributed by atoms with Gasteiger partial charge in [-0.25, -0.2) is 9.97 Å². The third kappa shape index (κ3) is 5.73. The third-order valence-corrected chi connectivity index (χ3v) is 7.75. The molecular formula is C32H35N5O2. The second-order valence-corrected chi connectivity index (χ2v) is 10.8. The lowest BCUT2D eigenvalue weighted by Gasteiger charge is -2.30. The molecule has 3 heterocycles. The van der Waals surface area contributed by atoms with E-state index >= 15 is 0 Å². The highest BCUT2D eigenvalue weighted by molar-refractivity contribution is 6.05. The molecule has 200 valence electrons. The van der Waals surface area contributed by atoms with E-state index < -0.39 is 0 Å². The number of hydrogen-bond acceptors (Lipinski definition) is 6. The van der Waals surface area contributed by atoms with Crippen LogP contribution in [0, 0.1) is 6.92 Å². The molecule has 3 aromatic carbocycles. The fourth-order valence-electron chi connectivity index (χ4n) is 5.34. The zero-order valence-electron chi connectivity index (χ0n) is 22.7. The van der Waals surface area contributed by atoms with Crippen LogP contribution >= 0.6 is 0 Å². The molecule has 39 heavy (non-hydrogen) atoms. The summed E-state index contributed by atoms with van der Waals surface area (Å²) in [7, 11) is 2.15. The molecule has 2 fully saturated rings. The van der Waals surface area contributed by atoms with E-state index in [0.29, 0.717) is 17.1 Å². The Labute approximate surface area is 229 Å². The number of aryl methyl sites for hydroxylation is 1. The van der Waals surface area contributed by atoms with E-state index in [2.05, 4.69) is 53.4 Å². The Kier molecular flexibility index (Phi) is 7.16. The van der Waals surface area contributed by atoms with Crippen molar-refractivity contribution in [3.63, 3.8) is 0 Å². The molecule has 4 aromatic rings. The minimum Gasteiger partial charge on any atom is -0.472 e. The van der Waals surface area contributed by atoms with Gasteiger partial charge in [-0.3, -0.25) is 4.79 Å². The number of amides is 1. The average molecular weight is 522 g/mol. The monoisotopic (exact) mass is 521 g/mol. The summed E-state index contributed by atoms with van der Waals surface area (Å²) >= 11 is 0. The van der Waals surface area contributed by atoms with Gasteiger partial charge in [0.25, 0.3) is 11.8 Å². The molecule has 1 aromatic heterocycles. The first-order chi connectivity index (χ1) is 19.0. The molecule has 2 aliphatic rings. The number of piperidine rings is 1. The molecule has 7 nitrogen and oxygen atoms in total. The van der Waals surface area contributed by atoms with Crippen LogP contribution in [0.3, 0.4) is 0 Å². The number of anilines is 2. The lowest BCUT2D eigenvalue weighted by atomic mass is 10.0. The lowest BCUT2D eigenvalue weighted by Crippen LogP contribution is -2.36. The molecule has 2 saturated heterocycles. The molecule has 0 radical (unpaired) electrons. The fraction of sp³-hybridized carbons (Fsp3) is 0.344. The van der Waals surface area contributed by atoms with Gasteiger partial charge in [-0.2, -0.15) is 0 Å². The van der Waals surface area contributed by atoms with Gasteiger partial charge in [-0.05, 0) is 81.1 Å². The summed E-state index contributed by atoms with van der Waals surface area (Å²) in [6.07, 6.45) is 4.43. The van der Waals surface area contributed by atoms with Crippen molar-refractivity contribution >= 4 is 28.4 Å². The third-order valence-electron chi connectivity index (χ3n) is 7.75. The maximum absolute atomic E-state index is 13.0. The van der Waals surface area contributed by atoms with E-state index in [-0.39, 0.29) is 12.0 Å². The highest BCUT2D eigenvalue weighted by Gasteiger charge is 2.25. The largest absolute Gasteiger partial charge is 0.472 e. The van der Waals surface area contributed by atoms with Crippen LogP contribution in [0.4, 0.5) is 11.5 Å². The predicted molar refractivity (Wildman–Crippen MR) is 157 cm³/mol. The van der Waals surface area contributed by atoms with Crippen LogP contribution in [0.1, 0.15) is 41.6 Å². The number of likely N-dealkylation sites (tertiary alicyclic amines) is 1. The van der Waals surface area contributed by atoms with E-state index in [1.165, 1.54) is 5.56 Å². The summed E-state index contributed by atoms with van der Waals surface area (Å²) in [6, 6.07) is 21.8. The van der Waals surface area contributed by atoms with Crippen molar-refractivity contribution in [2.24, 2.45) is 0 Å². The number of ether oxygens (including phenoxy) is 1. The minimum atomic E-state index is -0.153. The van der Waals surface area contributed by atoms with Gasteiger partial charge in [0.1, 0.15) is 6.10 Å². The van der Waals surface area contributed by atoms with Crippen molar-refractivity contribution in [1.29, 1.82) is 0 Å². The number of carbonyl (C=O) groups is 1. The first kappa shape index (κ1) is 25.3. The number of hydrogen-bond donors (Lipinski definition) is 1. The standard InChI is InChI=1S/C32H35N5O2/c1-22-5-7-23(8-6-22)24-9-11-25(12-10-24)31(38)33-26-13-14-28-29(21-26)34-30(37-17-3-4-18-37)32(35-28)39-27-15-19-36(2)20-16-27/h5-14,21,27H,3-4,15-20H2,1-2H3,(H,33,38). The van der Waals surface area contributed by atoms with E-state index in [0.717, 1.165) is 79.8 Å². The summed E-state index contributed by atoms with van der Waals surface area (Å²) in [6.45, 7) is 6.05. The fourth-order valence-corrected chi connectivity index (χ4v) is 5.34. The van der Waals surface area contributed by atoms with Crippen molar-refractivity contribution in [1.82, 2.24) is 14.9 Å². The first-order valence-corrected chi connectivity index (χ1v) is 13.9. The molecule has 0 aliphatic carbocycles. The molecule has 0 spiro atoms. The van der Waals surface area contributed by atoms with Gasteiger partial charge in [-0.15, -0.1) is 0 Å². The van der Waals surface area contributed by atoms with Gasteiger partial charge in [0.15, 0.2) is 5.82 Å². The van der Waals surface area contributed by atoms with Crippen LogP contribution in [-0.2, 0) is 0 Å². The molecule has 6 rings (SSSR count). The first-order valence-electron chi connectivity index (χ1n) is 13.9. The Morgan fingerprint density at radius 2 is 1.51 bits per heavy atom. The normalized spacial score (nSPS) is 16.5. The number of nitrogens with zero attached hydrogens (tertiary/aromatic N) is 4. The lowest BCUT2D eigenvalue weighted by molar-refractivity contribution is 0.102. The van der Waals surface area contributed by atoms with Crippen LogP contribution in [0.25, 0.3) is 22.2 Å². The van der Waals surface area contributed by atoms with Gasteiger partial charge in [0.2, 0.25) is 0 Å². The summed E-state index contributed by atoms with van der Waals surface area (Å²) in [5, 5.41) is 3.03. The van der Waals surface area contributed by atoms with Crippen molar-refractivity contribution in [2.75, 3.05) is 43.4 Å². The van der Waals surface area contributed by atoms with Crippen LogP contribution < -0.4 is 15.0 Å². The second kappa shape index (κ2) is 11.0. The van der Waals surface area contributed by atoms with E-state index in [4.69, 9.17) is 14.7 Å². The van der Waals surface area contributed by atoms with Gasteiger partial charge >= 0.3 is 0 Å². The zero-order chi connectivity index (χ0) is 26.8. The molecule has 0 saturated carbocycles. The molecule has 0 bridgehead atoms. The molecule has 1 amide bonds. The molecule has 0 atom stereocenters. The number of fused-ring (bicyclic) bond motifs is 1. The predicted octanol–water partition coefficient (Wildman–Crippen LogP) is 5.93. The number of nitrogens with one attached hydrogen (secondary N) is 1. The van der Waals surface area contributed by atoms with Gasteiger partial charge in [0.05, 0.1) is 11.0 Å². The van der Waals surface area contributed by atoms with E-state index in [9.17, 15) is 4.79 Å². The maximum atomic E-state index is 13.0. The number of carbonyl (C=O) groups excluding carboxylic acids is 1. The Morgan fingerprint density at radius 1 is 0.846 bits per heavy atom. The highest BCUT2D eigenvalue weighted by Crippen LogP contribution is 2.32. The van der Waals surface area contributed by atoms with E-state index in [1.807, 2.05) is 42.5 Å². The van der Waals surface area contributed by atoms with Crippen LogP contribution in [0.15, 0.2) is 66.7 Å². The second-order valence-electron chi connectivity index (χ2n) is 10.8. The summed E-state index contributed by atoms with van der Waals surface area (Å²) in [5.74, 6) is 1.29. The van der Waals surface area contributed by atoms with Crippen LogP contribution in [0.2, 0.25) is 0 Å². The quantitative estimate of drug-likeness (QED) is 0.339. The average Bonchev–Trinajstić information content (AvgIpc) is 3.49. The molecular weight excluding hydrogens is 486 g/mol. The molecule has 2 aliphatic heterocycles. The Bertz CT molecular complexity index is 1450. The van der Waals surface area contributed by atoms with E-state index in [1.54, 1.807) is 0 Å². The highest BCUT2D eigenvalue weighted by atomic mass is 16.5. The van der Waals surface area contributed by atoms with Gasteiger partial charge < -0.3 is 19.9 Å². The number of rotatable bonds is 6. The van der Waals surface area contributed by atoms with Crippen molar-refractivity contribution in [3.05, 3.63) is 77.9 Å². The number of benzene rings is 3. The SMILES string of the molecule is Cc1ccc(-c2ccc(C(=O)Nc3ccc4nc(OC5CCN(C)CC5)c(N5CCCC5)nc4c3)cc2)cc1. The van der Waals surface area contributed by atoms with Crippen molar-refractivity contribution in [2.45, 2.75) is 38.7 Å². The summed E-state index contributed by atoms with van der Waals surface area (Å²) < 4.78 is 6.44. The summed E-state index contributed by atoms with van der Waals surface area (Å²) in [5.41, 5.74) is 6.26. The summed E-state index contributed by atoms with van der Waals surface area (Å²) in [4.78, 5) is 27.6. The minimum absolute atomic E-state index is 0.153. The van der Waals surface area contributed by atoms with Crippen molar-refractivity contribution in [3.8, 4) is 17.0 Å². The maximum Gasteiger partial charge on any atom is 0.258 e. The molecule has 7 heteroatoms. The Balaban J connectivity index is 1.21. The van der Waals surface area contributed by atoms with Crippen molar-refractivity contribution < 1.29 is 9.53 Å². The van der Waals surface area contributed by atoms with Gasteiger partial charge in [-0.1, -0.05) is 42.0 Å². The Morgan fingerprint density at radius 3 is 2.21 bits per heavy atom.